The van der Waals surface area contributed by atoms with E-state index in [1.807, 2.05) is 0 Å². The lowest BCUT2D eigenvalue weighted by Gasteiger charge is -2.27. The smallest absolute Gasteiger partial charge is 0.417 e. The fourth-order valence-corrected chi connectivity index (χ4v) is 1.75. The van der Waals surface area contributed by atoms with E-state index in [0.29, 0.717) is 11.3 Å². The van der Waals surface area contributed by atoms with E-state index in [0.717, 1.165) is 5.06 Å². The second-order valence-corrected chi connectivity index (χ2v) is 6.21. The number of amides is 2. The van der Waals surface area contributed by atoms with Crippen molar-refractivity contribution in [1.29, 1.82) is 0 Å². The Morgan fingerprint density at radius 3 is 2.08 bits per heavy atom. The SMILES string of the molecule is CON(C)C(=O)c1ccc(N(COC(C)=O)C(=O)OC(C)(C)C)cc1. The second kappa shape index (κ2) is 8.48. The lowest BCUT2D eigenvalue weighted by atomic mass is 10.2. The highest BCUT2D eigenvalue weighted by Crippen LogP contribution is 2.20. The van der Waals surface area contributed by atoms with Crippen LogP contribution in [0.4, 0.5) is 10.5 Å². The number of nitrogens with zero attached hydrogens (tertiary/aromatic N) is 2. The normalized spacial score (nSPS) is 10.8. The molecular weight excluding hydrogens is 328 g/mol. The Morgan fingerprint density at radius 1 is 1.08 bits per heavy atom. The van der Waals surface area contributed by atoms with Crippen LogP contribution in [-0.2, 0) is 19.1 Å². The van der Waals surface area contributed by atoms with Crippen LogP contribution >= 0.6 is 0 Å². The van der Waals surface area contributed by atoms with Gasteiger partial charge in [-0.25, -0.2) is 14.8 Å². The minimum absolute atomic E-state index is 0.296. The van der Waals surface area contributed by atoms with Gasteiger partial charge in [-0.15, -0.1) is 0 Å². The van der Waals surface area contributed by atoms with Gasteiger partial charge < -0.3 is 9.47 Å². The summed E-state index contributed by atoms with van der Waals surface area (Å²) in [5.74, 6) is -0.861. The van der Waals surface area contributed by atoms with Crippen molar-refractivity contribution in [2.24, 2.45) is 0 Å². The molecule has 0 fully saturated rings. The monoisotopic (exact) mass is 352 g/mol. The molecule has 0 spiro atoms. The minimum atomic E-state index is -0.706. The molecular formula is C17H24N2O6. The number of rotatable bonds is 5. The van der Waals surface area contributed by atoms with Gasteiger partial charge in [0.1, 0.15) is 5.60 Å². The Hall–Kier alpha value is -2.61. The Balaban J connectivity index is 3.03. The molecule has 1 aromatic rings. The Kier molecular flexibility index (Phi) is 6.93. The zero-order valence-corrected chi connectivity index (χ0v) is 15.4. The van der Waals surface area contributed by atoms with Crippen LogP contribution in [0.3, 0.4) is 0 Å². The lowest BCUT2D eigenvalue weighted by Crippen LogP contribution is -2.38. The molecule has 0 N–H and O–H groups in total. The van der Waals surface area contributed by atoms with Crippen molar-refractivity contribution in [3.05, 3.63) is 29.8 Å². The third-order valence-corrected chi connectivity index (χ3v) is 3.00. The second-order valence-electron chi connectivity index (χ2n) is 6.21. The van der Waals surface area contributed by atoms with E-state index in [4.69, 9.17) is 14.3 Å². The van der Waals surface area contributed by atoms with Gasteiger partial charge >= 0.3 is 12.1 Å². The maximum atomic E-state index is 12.4. The lowest BCUT2D eigenvalue weighted by molar-refractivity contribution is -0.140. The summed E-state index contributed by atoms with van der Waals surface area (Å²) in [6, 6.07) is 6.20. The zero-order valence-electron chi connectivity index (χ0n) is 15.4. The highest BCUT2D eigenvalue weighted by Gasteiger charge is 2.24. The molecule has 0 saturated carbocycles. The number of hydrogen-bond acceptors (Lipinski definition) is 6. The van der Waals surface area contributed by atoms with Gasteiger partial charge in [-0.2, -0.15) is 0 Å². The van der Waals surface area contributed by atoms with Crippen LogP contribution in [0.1, 0.15) is 38.1 Å². The molecule has 1 rings (SSSR count). The fraction of sp³-hybridized carbons (Fsp3) is 0.471. The van der Waals surface area contributed by atoms with Gasteiger partial charge in [-0.05, 0) is 45.0 Å². The van der Waals surface area contributed by atoms with E-state index >= 15 is 0 Å². The molecule has 0 atom stereocenters. The van der Waals surface area contributed by atoms with Crippen molar-refractivity contribution in [2.45, 2.75) is 33.3 Å². The molecule has 0 aliphatic rings. The van der Waals surface area contributed by atoms with Crippen LogP contribution in [0.15, 0.2) is 24.3 Å². The standard InChI is InChI=1S/C17H24N2O6/c1-12(20)24-11-19(16(22)25-17(2,3)4)14-9-7-13(8-10-14)15(21)18(5)23-6/h7-10H,11H2,1-6H3. The van der Waals surface area contributed by atoms with Crippen molar-refractivity contribution in [1.82, 2.24) is 5.06 Å². The molecule has 0 aliphatic heterocycles. The summed E-state index contributed by atoms with van der Waals surface area (Å²) in [5, 5.41) is 1.08. The predicted molar refractivity (Wildman–Crippen MR) is 90.9 cm³/mol. The first kappa shape index (κ1) is 20.4. The first-order valence-electron chi connectivity index (χ1n) is 7.61. The zero-order chi connectivity index (χ0) is 19.2. The Morgan fingerprint density at radius 2 is 1.64 bits per heavy atom. The molecule has 1 aromatic carbocycles. The van der Waals surface area contributed by atoms with Gasteiger partial charge in [-0.1, -0.05) is 0 Å². The van der Waals surface area contributed by atoms with Crippen molar-refractivity contribution in [3.8, 4) is 0 Å². The van der Waals surface area contributed by atoms with Gasteiger partial charge in [0.25, 0.3) is 5.91 Å². The molecule has 0 radical (unpaired) electrons. The number of anilines is 1. The number of carbonyl (C=O) groups excluding carboxylic acids is 3. The van der Waals surface area contributed by atoms with Crippen LogP contribution in [0.5, 0.6) is 0 Å². The summed E-state index contributed by atoms with van der Waals surface area (Å²) in [7, 11) is 2.87. The first-order chi connectivity index (χ1) is 11.5. The predicted octanol–water partition coefficient (Wildman–Crippen LogP) is 2.58. The molecule has 0 unspecified atom stereocenters. The third kappa shape index (κ3) is 6.42. The summed E-state index contributed by atoms with van der Waals surface area (Å²) < 4.78 is 10.2. The summed E-state index contributed by atoms with van der Waals surface area (Å²) in [6.07, 6.45) is -0.665. The number of carbonyl (C=O) groups is 3. The van der Waals surface area contributed by atoms with Gasteiger partial charge in [0.15, 0.2) is 6.73 Å². The highest BCUT2D eigenvalue weighted by molar-refractivity contribution is 5.94. The van der Waals surface area contributed by atoms with E-state index in [9.17, 15) is 14.4 Å². The third-order valence-electron chi connectivity index (χ3n) is 3.00. The summed E-state index contributed by atoms with van der Waals surface area (Å²) in [4.78, 5) is 41.5. The van der Waals surface area contributed by atoms with Crippen LogP contribution in [0.25, 0.3) is 0 Å². The first-order valence-corrected chi connectivity index (χ1v) is 7.61. The molecule has 0 aliphatic carbocycles. The molecule has 0 saturated heterocycles. The van der Waals surface area contributed by atoms with E-state index in [2.05, 4.69) is 0 Å². The van der Waals surface area contributed by atoms with Crippen molar-refractivity contribution in [2.75, 3.05) is 25.8 Å². The molecule has 0 heterocycles. The van der Waals surface area contributed by atoms with Gasteiger partial charge in [0.2, 0.25) is 0 Å². The largest absolute Gasteiger partial charge is 0.444 e. The Bertz CT molecular complexity index is 621. The van der Waals surface area contributed by atoms with Gasteiger partial charge in [-0.3, -0.25) is 14.4 Å². The minimum Gasteiger partial charge on any atom is -0.444 e. The molecule has 8 heteroatoms. The maximum absolute atomic E-state index is 12.4. The topological polar surface area (TPSA) is 85.4 Å². The Labute approximate surface area is 147 Å². The molecule has 8 nitrogen and oxygen atoms in total. The summed E-state index contributed by atoms with van der Waals surface area (Å²) in [5.41, 5.74) is 0.0969. The average molecular weight is 352 g/mol. The summed E-state index contributed by atoms with van der Waals surface area (Å²) in [6.45, 7) is 6.15. The van der Waals surface area contributed by atoms with E-state index in [-0.39, 0.29) is 12.6 Å². The molecule has 0 bridgehead atoms. The van der Waals surface area contributed by atoms with Crippen LogP contribution in [-0.4, -0.2) is 49.5 Å². The van der Waals surface area contributed by atoms with E-state index < -0.39 is 17.7 Å². The number of hydrogen-bond donors (Lipinski definition) is 0. The maximum Gasteiger partial charge on any atom is 0.417 e. The number of benzene rings is 1. The van der Waals surface area contributed by atoms with Gasteiger partial charge in [0.05, 0.1) is 12.8 Å². The number of ether oxygens (including phenoxy) is 2. The van der Waals surface area contributed by atoms with Crippen LogP contribution in [0.2, 0.25) is 0 Å². The fourth-order valence-electron chi connectivity index (χ4n) is 1.75. The number of hydroxylamine groups is 2. The molecule has 138 valence electrons. The quantitative estimate of drug-likeness (QED) is 0.460. The highest BCUT2D eigenvalue weighted by atomic mass is 16.7. The van der Waals surface area contributed by atoms with Gasteiger partial charge in [0, 0.05) is 19.5 Å². The molecule has 2 amide bonds. The number of esters is 1. The van der Waals surface area contributed by atoms with Crippen LogP contribution in [0, 0.1) is 0 Å². The summed E-state index contributed by atoms with van der Waals surface area (Å²) >= 11 is 0. The van der Waals surface area contributed by atoms with E-state index in [1.54, 1.807) is 45.0 Å². The average Bonchev–Trinajstić information content (AvgIpc) is 2.52. The molecule has 25 heavy (non-hydrogen) atoms. The van der Waals surface area contributed by atoms with Crippen molar-refractivity contribution >= 4 is 23.7 Å². The van der Waals surface area contributed by atoms with Crippen LogP contribution < -0.4 is 4.90 Å². The van der Waals surface area contributed by atoms with Crippen molar-refractivity contribution < 1.29 is 28.7 Å². The molecule has 0 aromatic heterocycles. The van der Waals surface area contributed by atoms with Crippen molar-refractivity contribution in [3.63, 3.8) is 0 Å². The van der Waals surface area contributed by atoms with E-state index in [1.165, 1.54) is 26.0 Å².